The van der Waals surface area contributed by atoms with E-state index in [2.05, 4.69) is 17.3 Å². The molecule has 1 aromatic carbocycles. The van der Waals surface area contributed by atoms with Gasteiger partial charge in [0.25, 0.3) is 0 Å². The Hall–Kier alpha value is -2.14. The van der Waals surface area contributed by atoms with Gasteiger partial charge in [0.15, 0.2) is 5.69 Å². The highest BCUT2D eigenvalue weighted by molar-refractivity contribution is 8.15. The first-order chi connectivity index (χ1) is 11.6. The van der Waals surface area contributed by atoms with E-state index in [0.29, 0.717) is 13.2 Å². The van der Waals surface area contributed by atoms with E-state index in [1.54, 1.807) is 10.6 Å². The summed E-state index contributed by atoms with van der Waals surface area (Å²) in [6.45, 7) is 6.22. The molecule has 2 heterocycles. The van der Waals surface area contributed by atoms with E-state index in [0.717, 1.165) is 17.3 Å². The number of halogens is 1. The number of aromatic nitrogens is 2. The fraction of sp³-hybridized carbons (Fsp3) is 0.278. The van der Waals surface area contributed by atoms with Gasteiger partial charge in [-0.15, -0.1) is 5.73 Å². The van der Waals surface area contributed by atoms with Crippen molar-refractivity contribution >= 4 is 16.9 Å². The molecule has 2 aromatic rings. The van der Waals surface area contributed by atoms with Gasteiger partial charge in [0.05, 0.1) is 30.3 Å². The zero-order valence-corrected chi connectivity index (χ0v) is 14.1. The lowest BCUT2D eigenvalue weighted by atomic mass is 10.1. The van der Waals surface area contributed by atoms with E-state index in [1.165, 1.54) is 6.33 Å². The summed E-state index contributed by atoms with van der Waals surface area (Å²) in [5.74, 6) is -0.756. The van der Waals surface area contributed by atoms with Crippen LogP contribution in [-0.4, -0.2) is 32.6 Å². The Morgan fingerprint density at radius 2 is 2.21 bits per heavy atom. The Kier molecular flexibility index (Phi) is 4.71. The minimum atomic E-state index is -0.756. The molecule has 0 N–H and O–H groups in total. The van der Waals surface area contributed by atoms with Crippen molar-refractivity contribution in [1.82, 2.24) is 9.55 Å². The third-order valence-corrected chi connectivity index (χ3v) is 5.13. The van der Waals surface area contributed by atoms with Crippen LogP contribution >= 0.6 is 11.8 Å². The molecule has 0 unspecified atom stereocenters. The van der Waals surface area contributed by atoms with Gasteiger partial charge in [-0.1, -0.05) is 48.7 Å². The van der Waals surface area contributed by atoms with Crippen molar-refractivity contribution in [2.75, 3.05) is 13.2 Å². The standard InChI is InChI=1S/C18H17FN2O2S/c1-3-9-18(10-23-11-18)24-17(22)15-16(19)20-12-21(15)13(2)14-7-5-4-6-8-14/h4-9,12-13H,1,10-11H2,2H3/t13-/m1/s1. The molecule has 1 aromatic heterocycles. The van der Waals surface area contributed by atoms with E-state index in [-0.39, 0.29) is 16.9 Å². The fourth-order valence-electron chi connectivity index (χ4n) is 2.61. The number of benzene rings is 1. The Balaban J connectivity index is 1.90. The van der Waals surface area contributed by atoms with Crippen LogP contribution in [0.2, 0.25) is 0 Å². The molecule has 0 radical (unpaired) electrons. The minimum Gasteiger partial charge on any atom is -0.378 e. The Morgan fingerprint density at radius 3 is 2.79 bits per heavy atom. The molecule has 24 heavy (non-hydrogen) atoms. The lowest BCUT2D eigenvalue weighted by molar-refractivity contribution is 0.0129. The average molecular weight is 344 g/mol. The van der Waals surface area contributed by atoms with Crippen LogP contribution in [0.15, 0.2) is 55.0 Å². The molecule has 124 valence electrons. The number of rotatable bonds is 5. The smallest absolute Gasteiger partial charge is 0.242 e. The number of carbonyl (C=O) groups is 1. The van der Waals surface area contributed by atoms with E-state index in [4.69, 9.17) is 4.74 Å². The maximum atomic E-state index is 14.2. The molecule has 0 saturated carbocycles. The first-order valence-electron chi connectivity index (χ1n) is 7.52. The van der Waals surface area contributed by atoms with E-state index in [1.807, 2.05) is 37.3 Å². The Labute approximate surface area is 144 Å². The fourth-order valence-corrected chi connectivity index (χ4v) is 3.69. The molecule has 3 rings (SSSR count). The quantitative estimate of drug-likeness (QED) is 0.777. The first kappa shape index (κ1) is 16.7. The van der Waals surface area contributed by atoms with Crippen LogP contribution in [-0.2, 0) is 4.74 Å². The van der Waals surface area contributed by atoms with Gasteiger partial charge in [-0.05, 0) is 18.6 Å². The molecule has 4 nitrogen and oxygen atoms in total. The molecule has 0 spiro atoms. The van der Waals surface area contributed by atoms with Gasteiger partial charge >= 0.3 is 0 Å². The zero-order valence-electron chi connectivity index (χ0n) is 13.2. The lowest BCUT2D eigenvalue weighted by Gasteiger charge is -2.36. The molecular formula is C18H17FN2O2S. The molecule has 1 atom stereocenters. The predicted molar refractivity (Wildman–Crippen MR) is 91.6 cm³/mol. The molecule has 6 heteroatoms. The summed E-state index contributed by atoms with van der Waals surface area (Å²) in [6, 6.07) is 9.40. The number of imidazole rings is 1. The Bertz CT molecular complexity index is 793. The molecule has 1 aliphatic rings. The van der Waals surface area contributed by atoms with Crippen LogP contribution in [0.25, 0.3) is 0 Å². The summed E-state index contributed by atoms with van der Waals surface area (Å²) in [7, 11) is 0. The van der Waals surface area contributed by atoms with Crippen LogP contribution in [0.3, 0.4) is 0 Å². The van der Waals surface area contributed by atoms with Crippen molar-refractivity contribution < 1.29 is 13.9 Å². The average Bonchev–Trinajstić information content (AvgIpc) is 2.94. The van der Waals surface area contributed by atoms with Crippen LogP contribution in [0.1, 0.15) is 29.0 Å². The summed E-state index contributed by atoms with van der Waals surface area (Å²) in [4.78, 5) is 16.4. The maximum absolute atomic E-state index is 14.2. The van der Waals surface area contributed by atoms with Gasteiger partial charge in [-0.3, -0.25) is 4.79 Å². The molecule has 0 amide bonds. The second-order valence-corrected chi connectivity index (χ2v) is 7.06. The van der Waals surface area contributed by atoms with Crippen LogP contribution in [0, 0.1) is 5.95 Å². The number of hydrogen-bond donors (Lipinski definition) is 0. The molecule has 1 fully saturated rings. The normalized spacial score (nSPS) is 16.8. The summed E-state index contributed by atoms with van der Waals surface area (Å²) in [5.41, 5.74) is 3.64. The van der Waals surface area contributed by atoms with Gasteiger partial charge in [-0.25, -0.2) is 4.98 Å². The molecular weight excluding hydrogens is 327 g/mol. The summed E-state index contributed by atoms with van der Waals surface area (Å²) in [5, 5.41) is -0.373. The van der Waals surface area contributed by atoms with Gasteiger partial charge in [0.2, 0.25) is 11.1 Å². The number of hydrogen-bond acceptors (Lipinski definition) is 4. The highest BCUT2D eigenvalue weighted by Gasteiger charge is 2.41. The SMILES string of the molecule is C=C=CC1(SC(=O)c2c(F)ncn2[C@H](C)c2ccccc2)COC1. The summed E-state index contributed by atoms with van der Waals surface area (Å²) in [6.07, 6.45) is 3.08. The third kappa shape index (κ3) is 3.08. The lowest BCUT2D eigenvalue weighted by Crippen LogP contribution is -2.45. The number of nitrogens with zero attached hydrogens (tertiary/aromatic N) is 2. The van der Waals surface area contributed by atoms with Crippen molar-refractivity contribution in [1.29, 1.82) is 0 Å². The largest absolute Gasteiger partial charge is 0.378 e. The van der Waals surface area contributed by atoms with Gasteiger partial charge in [-0.2, -0.15) is 4.39 Å². The van der Waals surface area contributed by atoms with Crippen molar-refractivity contribution in [3.8, 4) is 0 Å². The molecule has 1 saturated heterocycles. The van der Waals surface area contributed by atoms with E-state index in [9.17, 15) is 9.18 Å². The van der Waals surface area contributed by atoms with Crippen molar-refractivity contribution in [2.45, 2.75) is 17.7 Å². The molecule has 0 bridgehead atoms. The van der Waals surface area contributed by atoms with E-state index < -0.39 is 10.7 Å². The number of ether oxygens (including phenoxy) is 1. The van der Waals surface area contributed by atoms with Gasteiger partial charge in [0.1, 0.15) is 0 Å². The van der Waals surface area contributed by atoms with Gasteiger partial charge in [0, 0.05) is 0 Å². The van der Waals surface area contributed by atoms with Crippen LogP contribution in [0.4, 0.5) is 4.39 Å². The topological polar surface area (TPSA) is 44.1 Å². The molecule has 1 aliphatic heterocycles. The van der Waals surface area contributed by atoms with Gasteiger partial charge < -0.3 is 9.30 Å². The summed E-state index contributed by atoms with van der Waals surface area (Å²) < 4.78 is 20.4. The number of carbonyl (C=O) groups excluding carboxylic acids is 1. The number of thioether (sulfide) groups is 1. The first-order valence-corrected chi connectivity index (χ1v) is 8.33. The van der Waals surface area contributed by atoms with E-state index >= 15 is 0 Å². The monoisotopic (exact) mass is 344 g/mol. The Morgan fingerprint density at radius 1 is 1.50 bits per heavy atom. The van der Waals surface area contributed by atoms with Crippen molar-refractivity contribution in [2.24, 2.45) is 0 Å². The second kappa shape index (κ2) is 6.77. The highest BCUT2D eigenvalue weighted by atomic mass is 32.2. The van der Waals surface area contributed by atoms with Crippen LogP contribution < -0.4 is 0 Å². The zero-order chi connectivity index (χ0) is 17.2. The van der Waals surface area contributed by atoms with Crippen molar-refractivity contribution in [3.63, 3.8) is 0 Å². The predicted octanol–water partition coefficient (Wildman–Crippen LogP) is 3.62. The maximum Gasteiger partial charge on any atom is 0.242 e. The highest BCUT2D eigenvalue weighted by Crippen LogP contribution is 2.37. The summed E-state index contributed by atoms with van der Waals surface area (Å²) >= 11 is 1.03. The van der Waals surface area contributed by atoms with Crippen LogP contribution in [0.5, 0.6) is 0 Å². The van der Waals surface area contributed by atoms with Crippen molar-refractivity contribution in [3.05, 3.63) is 72.3 Å². The molecule has 0 aliphatic carbocycles. The third-order valence-electron chi connectivity index (χ3n) is 4.00. The minimum absolute atomic E-state index is 0.0277. The second-order valence-electron chi connectivity index (χ2n) is 5.67.